The van der Waals surface area contributed by atoms with Gasteiger partial charge in [0.05, 0.1) is 6.10 Å². The van der Waals surface area contributed by atoms with E-state index in [0.29, 0.717) is 11.3 Å². The summed E-state index contributed by atoms with van der Waals surface area (Å²) in [4.78, 5) is 9.67. The molecule has 5 aliphatic rings. The Morgan fingerprint density at radius 1 is 1.00 bits per heavy atom. The SMILES string of the molecule is CC(CCN1CCN(c2ccccn2)CC1)C1CC=C2C3=C(CCC21C)C1(C)CCC(O)C(C)(C)C1CC3. The number of rotatable bonds is 5. The van der Waals surface area contributed by atoms with Crippen molar-refractivity contribution in [2.24, 2.45) is 34.0 Å². The molecule has 1 N–H and O–H groups in total. The Bertz CT molecular complexity index is 1080. The summed E-state index contributed by atoms with van der Waals surface area (Å²) in [6.45, 7) is 18.1. The molecule has 1 aromatic rings. The summed E-state index contributed by atoms with van der Waals surface area (Å²) in [6.07, 6.45) is 14.2. The van der Waals surface area contributed by atoms with Gasteiger partial charge in [0.1, 0.15) is 5.82 Å². The molecule has 0 spiro atoms. The predicted molar refractivity (Wildman–Crippen MR) is 157 cm³/mol. The van der Waals surface area contributed by atoms with Crippen LogP contribution in [-0.4, -0.2) is 53.8 Å². The maximum Gasteiger partial charge on any atom is 0.128 e. The van der Waals surface area contributed by atoms with E-state index >= 15 is 0 Å². The van der Waals surface area contributed by atoms with Gasteiger partial charge in [0, 0.05) is 32.4 Å². The Kier molecular flexibility index (Phi) is 6.83. The minimum absolute atomic E-state index is 0.0243. The largest absolute Gasteiger partial charge is 0.393 e. The highest BCUT2D eigenvalue weighted by Gasteiger charge is 2.57. The molecular formula is C34H51N3O. The fourth-order valence-corrected chi connectivity index (χ4v) is 9.91. The topological polar surface area (TPSA) is 39.6 Å². The van der Waals surface area contributed by atoms with Crippen LogP contribution in [0.5, 0.6) is 0 Å². The van der Waals surface area contributed by atoms with Gasteiger partial charge in [0.25, 0.3) is 0 Å². The van der Waals surface area contributed by atoms with Gasteiger partial charge < -0.3 is 10.0 Å². The standard InChI is InChI=1S/C34H51N3O/c1-24(15-19-36-20-22-37(23-21-36)31-8-6-7-18-35-31)26-10-11-27-25-9-12-29-32(2,3)30(38)14-17-34(29,5)28(25)13-16-33(26,27)4/h6-8,11,18,24,26,29-30,38H,9-10,12-17,19-23H2,1-5H3. The average molecular weight is 518 g/mol. The molecule has 6 unspecified atom stereocenters. The molecule has 4 heteroatoms. The minimum Gasteiger partial charge on any atom is -0.393 e. The van der Waals surface area contributed by atoms with Crippen LogP contribution in [0.15, 0.2) is 47.2 Å². The molecule has 1 aromatic heterocycles. The Morgan fingerprint density at radius 2 is 1.79 bits per heavy atom. The van der Waals surface area contributed by atoms with Crippen molar-refractivity contribution in [2.75, 3.05) is 37.6 Å². The van der Waals surface area contributed by atoms with E-state index in [4.69, 9.17) is 0 Å². The number of piperazine rings is 1. The molecule has 2 fully saturated rings. The molecule has 4 aliphatic carbocycles. The van der Waals surface area contributed by atoms with E-state index in [2.05, 4.69) is 67.6 Å². The van der Waals surface area contributed by atoms with Crippen LogP contribution in [0.3, 0.4) is 0 Å². The number of allylic oxidation sites excluding steroid dienone is 4. The van der Waals surface area contributed by atoms with E-state index in [9.17, 15) is 5.11 Å². The maximum atomic E-state index is 10.8. The summed E-state index contributed by atoms with van der Waals surface area (Å²) in [6, 6.07) is 6.23. The Labute approximate surface area is 231 Å². The highest BCUT2D eigenvalue weighted by Crippen LogP contribution is 2.66. The normalized spacial score (nSPS) is 37.8. The van der Waals surface area contributed by atoms with Gasteiger partial charge in [-0.15, -0.1) is 0 Å². The number of hydrogen-bond donors (Lipinski definition) is 1. The molecule has 6 atom stereocenters. The first kappa shape index (κ1) is 26.6. The number of pyridine rings is 1. The van der Waals surface area contributed by atoms with Gasteiger partial charge in [-0.25, -0.2) is 4.98 Å². The lowest BCUT2D eigenvalue weighted by Crippen LogP contribution is -2.53. The molecule has 0 radical (unpaired) electrons. The van der Waals surface area contributed by atoms with Crippen LogP contribution in [0.1, 0.15) is 86.0 Å². The lowest BCUT2D eigenvalue weighted by molar-refractivity contribution is -0.0905. The van der Waals surface area contributed by atoms with Crippen LogP contribution >= 0.6 is 0 Å². The van der Waals surface area contributed by atoms with Crippen LogP contribution in [0.25, 0.3) is 0 Å². The zero-order chi connectivity index (χ0) is 26.7. The van der Waals surface area contributed by atoms with E-state index in [1.165, 1.54) is 51.5 Å². The summed E-state index contributed by atoms with van der Waals surface area (Å²) in [5.74, 6) is 3.26. The Morgan fingerprint density at radius 3 is 2.53 bits per heavy atom. The second-order valence-corrected chi connectivity index (χ2v) is 14.5. The van der Waals surface area contributed by atoms with Crippen LogP contribution in [-0.2, 0) is 0 Å². The smallest absolute Gasteiger partial charge is 0.128 e. The fraction of sp³-hybridized carbons (Fsp3) is 0.735. The van der Waals surface area contributed by atoms with Crippen molar-refractivity contribution >= 4 is 5.82 Å². The van der Waals surface area contributed by atoms with Crippen molar-refractivity contribution in [3.8, 4) is 0 Å². The molecule has 208 valence electrons. The van der Waals surface area contributed by atoms with Crippen LogP contribution in [0, 0.1) is 34.0 Å². The van der Waals surface area contributed by atoms with E-state index in [0.717, 1.165) is 50.3 Å². The summed E-state index contributed by atoms with van der Waals surface area (Å²) in [5, 5.41) is 10.8. The first-order valence-electron chi connectivity index (χ1n) is 15.6. The van der Waals surface area contributed by atoms with Crippen LogP contribution < -0.4 is 4.90 Å². The van der Waals surface area contributed by atoms with Gasteiger partial charge in [0.2, 0.25) is 0 Å². The maximum absolute atomic E-state index is 10.8. The Balaban J connectivity index is 1.10. The summed E-state index contributed by atoms with van der Waals surface area (Å²) >= 11 is 0. The van der Waals surface area contributed by atoms with Crippen molar-refractivity contribution in [3.05, 3.63) is 47.2 Å². The number of anilines is 1. The molecule has 0 amide bonds. The third-order valence-electron chi connectivity index (χ3n) is 12.4. The second-order valence-electron chi connectivity index (χ2n) is 14.5. The monoisotopic (exact) mass is 517 g/mol. The van der Waals surface area contributed by atoms with Crippen LogP contribution in [0.4, 0.5) is 5.82 Å². The molecule has 6 rings (SSSR count). The minimum atomic E-state index is -0.148. The third kappa shape index (κ3) is 4.20. The molecule has 2 heterocycles. The van der Waals surface area contributed by atoms with Crippen molar-refractivity contribution in [3.63, 3.8) is 0 Å². The van der Waals surface area contributed by atoms with Crippen molar-refractivity contribution in [2.45, 2.75) is 92.1 Å². The average Bonchev–Trinajstić information content (AvgIpc) is 3.28. The molecule has 1 saturated heterocycles. The first-order valence-corrected chi connectivity index (χ1v) is 15.6. The quantitative estimate of drug-likeness (QED) is 0.463. The van der Waals surface area contributed by atoms with Crippen molar-refractivity contribution in [1.29, 1.82) is 0 Å². The number of aliphatic hydroxyl groups excluding tert-OH is 1. The molecule has 0 bridgehead atoms. The third-order valence-corrected chi connectivity index (χ3v) is 12.4. The van der Waals surface area contributed by atoms with Gasteiger partial charge in [-0.2, -0.15) is 0 Å². The van der Waals surface area contributed by atoms with Gasteiger partial charge in [-0.3, -0.25) is 4.90 Å². The van der Waals surface area contributed by atoms with Crippen LogP contribution in [0.2, 0.25) is 0 Å². The molecular weight excluding hydrogens is 466 g/mol. The summed E-state index contributed by atoms with van der Waals surface area (Å²) < 4.78 is 0. The van der Waals surface area contributed by atoms with E-state index in [1.54, 1.807) is 16.7 Å². The molecule has 1 aliphatic heterocycles. The second kappa shape index (κ2) is 9.77. The number of hydrogen-bond acceptors (Lipinski definition) is 4. The van der Waals surface area contributed by atoms with Gasteiger partial charge in [-0.1, -0.05) is 52.3 Å². The lowest BCUT2D eigenvalue weighted by atomic mass is 9.46. The zero-order valence-corrected chi connectivity index (χ0v) is 24.7. The molecule has 0 aromatic carbocycles. The number of aromatic nitrogens is 1. The fourth-order valence-electron chi connectivity index (χ4n) is 9.91. The van der Waals surface area contributed by atoms with Gasteiger partial charge in [-0.05, 0) is 115 Å². The van der Waals surface area contributed by atoms with E-state index in [-0.39, 0.29) is 16.9 Å². The molecule has 1 saturated carbocycles. The zero-order valence-electron chi connectivity index (χ0n) is 24.7. The summed E-state index contributed by atoms with van der Waals surface area (Å²) in [7, 11) is 0. The van der Waals surface area contributed by atoms with E-state index in [1.807, 2.05) is 12.3 Å². The van der Waals surface area contributed by atoms with E-state index < -0.39 is 0 Å². The van der Waals surface area contributed by atoms with Crippen molar-refractivity contribution in [1.82, 2.24) is 9.88 Å². The predicted octanol–water partition coefficient (Wildman–Crippen LogP) is 6.87. The number of fused-ring (bicyclic) bond motifs is 4. The van der Waals surface area contributed by atoms with Gasteiger partial charge >= 0.3 is 0 Å². The lowest BCUT2D eigenvalue weighted by Gasteiger charge is -2.59. The van der Waals surface area contributed by atoms with Crippen molar-refractivity contribution < 1.29 is 5.11 Å². The summed E-state index contributed by atoms with van der Waals surface area (Å²) in [5.41, 5.74) is 5.93. The first-order chi connectivity index (χ1) is 18.1. The highest BCUT2D eigenvalue weighted by atomic mass is 16.3. The van der Waals surface area contributed by atoms with Gasteiger partial charge in [0.15, 0.2) is 0 Å². The number of aliphatic hydroxyl groups is 1. The highest BCUT2D eigenvalue weighted by molar-refractivity contribution is 5.50. The molecule has 4 nitrogen and oxygen atoms in total. The Hall–Kier alpha value is -1.65. The molecule has 38 heavy (non-hydrogen) atoms. The number of nitrogens with zero attached hydrogens (tertiary/aromatic N) is 3.